The van der Waals surface area contributed by atoms with Crippen molar-refractivity contribution in [3.8, 4) is 0 Å². The molecule has 0 bridgehead atoms. The topological polar surface area (TPSA) is 102 Å². The smallest absolute Gasteiger partial charge is 0.319 e. The van der Waals surface area contributed by atoms with Crippen molar-refractivity contribution >= 4 is 21.8 Å². The second-order valence-corrected chi connectivity index (χ2v) is 7.94. The van der Waals surface area contributed by atoms with Crippen LogP contribution in [0.2, 0.25) is 0 Å². The van der Waals surface area contributed by atoms with Gasteiger partial charge in [-0.25, -0.2) is 13.2 Å². The summed E-state index contributed by atoms with van der Waals surface area (Å²) in [7, 11) is -3.88. The molecule has 2 amide bonds. The number of hydrogen-bond donors (Lipinski definition) is 2. The van der Waals surface area contributed by atoms with E-state index in [1.54, 1.807) is 49.4 Å². The number of benzene rings is 2. The molecule has 1 aliphatic heterocycles. The van der Waals surface area contributed by atoms with Crippen LogP contribution in [0.15, 0.2) is 76.7 Å². The first kappa shape index (κ1) is 19.6. The molecule has 1 saturated heterocycles. The summed E-state index contributed by atoms with van der Waals surface area (Å²) in [5.74, 6) is -1.66. The Morgan fingerprint density at radius 2 is 1.68 bits per heavy atom. The Morgan fingerprint density at radius 3 is 2.29 bits per heavy atom. The van der Waals surface area contributed by atoms with Gasteiger partial charge in [0.1, 0.15) is 5.92 Å². The molecule has 0 spiro atoms. The van der Waals surface area contributed by atoms with Crippen LogP contribution in [-0.2, 0) is 19.4 Å². The van der Waals surface area contributed by atoms with E-state index in [1.165, 1.54) is 12.1 Å². The Kier molecular flexibility index (Phi) is 5.79. The summed E-state index contributed by atoms with van der Waals surface area (Å²) in [4.78, 5) is 24.9. The summed E-state index contributed by atoms with van der Waals surface area (Å²) in [5.41, 5.74) is 0.637. The van der Waals surface area contributed by atoms with Gasteiger partial charge in [0.05, 0.1) is 23.0 Å². The standard InChI is InChI=1S/C20H20N2O5S/c1-2-27-19(23)17-16(13-28(25,26)15-11-7-4-8-12-15)21-20(24)22-18(17)14-9-5-3-6-10-14/h3-13,17-18H,2H2,1H3,(H2,21,22,24)/b16-13+/t17-,18+/m1/s1. The van der Waals surface area contributed by atoms with Gasteiger partial charge in [0.25, 0.3) is 0 Å². The number of sulfone groups is 1. The molecule has 2 aromatic carbocycles. The molecular weight excluding hydrogens is 380 g/mol. The highest BCUT2D eigenvalue weighted by molar-refractivity contribution is 7.94. The number of nitrogens with one attached hydrogen (secondary N) is 2. The maximum absolute atomic E-state index is 12.8. The van der Waals surface area contributed by atoms with E-state index in [0.717, 1.165) is 5.41 Å². The highest BCUT2D eigenvalue weighted by Crippen LogP contribution is 2.32. The average molecular weight is 400 g/mol. The molecule has 2 N–H and O–H groups in total. The van der Waals surface area contributed by atoms with Crippen molar-refractivity contribution in [1.29, 1.82) is 0 Å². The Hall–Kier alpha value is -3.13. The van der Waals surface area contributed by atoms with Crippen molar-refractivity contribution in [2.45, 2.75) is 17.9 Å². The highest BCUT2D eigenvalue weighted by Gasteiger charge is 2.40. The van der Waals surface area contributed by atoms with Crippen molar-refractivity contribution < 1.29 is 22.7 Å². The zero-order valence-electron chi connectivity index (χ0n) is 15.2. The maximum atomic E-state index is 12.8. The van der Waals surface area contributed by atoms with Crippen molar-refractivity contribution in [1.82, 2.24) is 10.6 Å². The van der Waals surface area contributed by atoms with Gasteiger partial charge in [-0.1, -0.05) is 48.5 Å². The molecule has 2 atom stereocenters. The number of hydrogen-bond acceptors (Lipinski definition) is 5. The van der Waals surface area contributed by atoms with Crippen molar-refractivity contribution in [2.24, 2.45) is 5.92 Å². The summed E-state index contributed by atoms with van der Waals surface area (Å²) in [6.07, 6.45) is 0. The van der Waals surface area contributed by atoms with E-state index in [-0.39, 0.29) is 17.2 Å². The Balaban J connectivity index is 2.08. The summed E-state index contributed by atoms with van der Waals surface area (Å²) in [6.45, 7) is 1.79. The first-order valence-corrected chi connectivity index (χ1v) is 10.3. The van der Waals surface area contributed by atoms with Gasteiger partial charge in [0.2, 0.25) is 9.84 Å². The first-order valence-electron chi connectivity index (χ1n) is 8.73. The van der Waals surface area contributed by atoms with E-state index in [0.29, 0.717) is 5.56 Å². The molecule has 8 heteroatoms. The fourth-order valence-corrected chi connectivity index (χ4v) is 4.24. The van der Waals surface area contributed by atoms with Crippen LogP contribution in [0.25, 0.3) is 0 Å². The number of ether oxygens (including phenoxy) is 1. The van der Waals surface area contributed by atoms with E-state index in [9.17, 15) is 18.0 Å². The lowest BCUT2D eigenvalue weighted by Crippen LogP contribution is -2.51. The summed E-state index contributed by atoms with van der Waals surface area (Å²) >= 11 is 0. The molecule has 1 fully saturated rings. The number of urea groups is 1. The molecular formula is C20H20N2O5S. The van der Waals surface area contributed by atoms with Crippen LogP contribution in [0.4, 0.5) is 4.79 Å². The molecule has 7 nitrogen and oxygen atoms in total. The molecule has 0 unspecified atom stereocenters. The van der Waals surface area contributed by atoms with Crippen LogP contribution in [0.5, 0.6) is 0 Å². The van der Waals surface area contributed by atoms with Gasteiger partial charge in [-0.15, -0.1) is 0 Å². The van der Waals surface area contributed by atoms with Gasteiger partial charge < -0.3 is 15.4 Å². The van der Waals surface area contributed by atoms with Gasteiger partial charge in [0.15, 0.2) is 0 Å². The minimum atomic E-state index is -3.88. The van der Waals surface area contributed by atoms with Gasteiger partial charge in [-0.3, -0.25) is 4.79 Å². The minimum Gasteiger partial charge on any atom is -0.465 e. The highest BCUT2D eigenvalue weighted by atomic mass is 32.2. The van der Waals surface area contributed by atoms with E-state index in [2.05, 4.69) is 10.6 Å². The molecule has 146 valence electrons. The number of esters is 1. The molecule has 0 aliphatic carbocycles. The molecule has 1 heterocycles. The summed E-state index contributed by atoms with van der Waals surface area (Å²) < 4.78 is 30.7. The van der Waals surface area contributed by atoms with E-state index < -0.39 is 33.8 Å². The molecule has 28 heavy (non-hydrogen) atoms. The van der Waals surface area contributed by atoms with Crippen molar-refractivity contribution in [2.75, 3.05) is 6.61 Å². The fourth-order valence-electron chi connectivity index (χ4n) is 3.03. The summed E-state index contributed by atoms with van der Waals surface area (Å²) in [6, 6.07) is 15.3. The van der Waals surface area contributed by atoms with Crippen molar-refractivity contribution in [3.05, 3.63) is 77.3 Å². The number of amides is 2. The zero-order valence-corrected chi connectivity index (χ0v) is 16.0. The molecule has 3 rings (SSSR count). The van der Waals surface area contributed by atoms with Gasteiger partial charge in [0, 0.05) is 5.70 Å². The van der Waals surface area contributed by atoms with E-state index >= 15 is 0 Å². The first-order chi connectivity index (χ1) is 13.4. The predicted molar refractivity (Wildman–Crippen MR) is 103 cm³/mol. The predicted octanol–water partition coefficient (Wildman–Crippen LogP) is 2.54. The second-order valence-electron chi connectivity index (χ2n) is 6.15. The Bertz CT molecular complexity index is 988. The normalized spacial score (nSPS) is 20.9. The van der Waals surface area contributed by atoms with Crippen LogP contribution in [-0.4, -0.2) is 27.0 Å². The number of carbonyl (C=O) groups excluding carboxylic acids is 2. The third kappa shape index (κ3) is 4.23. The summed E-state index contributed by atoms with van der Waals surface area (Å²) in [5, 5.41) is 6.08. The monoisotopic (exact) mass is 400 g/mol. The molecule has 0 saturated carbocycles. The van der Waals surface area contributed by atoms with Crippen molar-refractivity contribution in [3.63, 3.8) is 0 Å². The van der Waals surface area contributed by atoms with Crippen LogP contribution in [0, 0.1) is 5.92 Å². The lowest BCUT2D eigenvalue weighted by molar-refractivity contribution is -0.147. The minimum absolute atomic E-state index is 0.0279. The molecule has 0 aromatic heterocycles. The zero-order chi connectivity index (χ0) is 20.1. The Labute approximate surface area is 163 Å². The lowest BCUT2D eigenvalue weighted by Gasteiger charge is -2.33. The van der Waals surface area contributed by atoms with Gasteiger partial charge >= 0.3 is 12.0 Å². The van der Waals surface area contributed by atoms with Crippen LogP contribution in [0.1, 0.15) is 18.5 Å². The number of carbonyl (C=O) groups is 2. The van der Waals surface area contributed by atoms with Crippen LogP contribution >= 0.6 is 0 Å². The Morgan fingerprint density at radius 1 is 1.07 bits per heavy atom. The fraction of sp³-hybridized carbons (Fsp3) is 0.200. The lowest BCUT2D eigenvalue weighted by atomic mass is 9.89. The average Bonchev–Trinajstić information content (AvgIpc) is 2.68. The van der Waals surface area contributed by atoms with E-state index in [4.69, 9.17) is 4.74 Å². The van der Waals surface area contributed by atoms with Crippen LogP contribution < -0.4 is 10.6 Å². The molecule has 1 aliphatic rings. The van der Waals surface area contributed by atoms with Crippen LogP contribution in [0.3, 0.4) is 0 Å². The third-order valence-electron chi connectivity index (χ3n) is 4.27. The van der Waals surface area contributed by atoms with Gasteiger partial charge in [-0.05, 0) is 24.6 Å². The maximum Gasteiger partial charge on any atom is 0.319 e. The quantitative estimate of drug-likeness (QED) is 0.751. The second kappa shape index (κ2) is 8.26. The largest absolute Gasteiger partial charge is 0.465 e. The number of rotatable bonds is 5. The molecule has 2 aromatic rings. The SMILES string of the molecule is CCOC(=O)[C@@H]1/C(=C\S(=O)(=O)c2ccccc2)NC(=O)N[C@H]1c1ccccc1. The third-order valence-corrected chi connectivity index (χ3v) is 5.76. The van der Waals surface area contributed by atoms with Gasteiger partial charge in [-0.2, -0.15) is 0 Å². The van der Waals surface area contributed by atoms with E-state index in [1.807, 2.05) is 6.07 Å². The molecule has 0 radical (unpaired) electrons.